The van der Waals surface area contributed by atoms with E-state index in [1.54, 1.807) is 0 Å². The smallest absolute Gasteiger partial charge is 0.286 e. The number of aryl methyl sites for hydroxylation is 1. The summed E-state index contributed by atoms with van der Waals surface area (Å²) in [5.74, 6) is -1.97. The van der Waals surface area contributed by atoms with Crippen LogP contribution in [0.4, 0.5) is 10.1 Å². The molecule has 0 spiro atoms. The number of benzene rings is 2. The number of sulfonamides is 1. The zero-order valence-corrected chi connectivity index (χ0v) is 23.4. The number of halogens is 2. The lowest BCUT2D eigenvalue weighted by Gasteiger charge is -2.18. The molecule has 4 aromatic rings. The molecule has 1 aliphatic rings. The number of hydrogen-bond donors (Lipinski definition) is 1. The van der Waals surface area contributed by atoms with E-state index in [9.17, 15) is 26.4 Å². The van der Waals surface area contributed by atoms with Gasteiger partial charge in [0.1, 0.15) is 32.3 Å². The van der Waals surface area contributed by atoms with Crippen LogP contribution in [0.1, 0.15) is 18.3 Å². The van der Waals surface area contributed by atoms with Gasteiger partial charge in [-0.15, -0.1) is 15.7 Å². The molecule has 0 amide bonds. The SMILES string of the molecule is CC1=NS(=O)(=O)c2cc3c(=O)n(-c4ccc(CC(=O)CS(=O)(=O)c5ccc(Cl)s5)cc4F)c(C)nc3cc2N1. The number of aromatic nitrogens is 2. The van der Waals surface area contributed by atoms with Crippen molar-refractivity contribution in [3.8, 4) is 5.69 Å². The molecule has 0 saturated carbocycles. The van der Waals surface area contributed by atoms with Crippen LogP contribution in [0.5, 0.6) is 0 Å². The Morgan fingerprint density at radius 2 is 1.90 bits per heavy atom. The van der Waals surface area contributed by atoms with Crippen LogP contribution in [0.15, 0.2) is 60.8 Å². The molecule has 15 heteroatoms. The van der Waals surface area contributed by atoms with E-state index in [-0.39, 0.29) is 59.4 Å². The number of anilines is 1. The maximum absolute atomic E-state index is 15.2. The standard InChI is InChI=1S/C24H18ClFN4O6S3/c1-12-27-19-10-18-16(9-21(19)39(35,36)29-12)24(32)30(13(2)28-18)20-4-3-14(8-17(20)26)7-15(31)11-38(33,34)23-6-5-22(25)37-23/h3-6,8-10H,7,11H2,1-2H3,(H,27,29). The first kappa shape index (κ1) is 27.1. The summed E-state index contributed by atoms with van der Waals surface area (Å²) < 4.78 is 70.0. The summed E-state index contributed by atoms with van der Waals surface area (Å²) in [7, 11) is -7.94. The van der Waals surface area contributed by atoms with E-state index in [2.05, 4.69) is 14.7 Å². The van der Waals surface area contributed by atoms with Crippen molar-refractivity contribution in [3.05, 3.63) is 74.4 Å². The highest BCUT2D eigenvalue weighted by molar-refractivity contribution is 7.94. The maximum atomic E-state index is 15.2. The molecule has 0 saturated heterocycles. The van der Waals surface area contributed by atoms with Crippen molar-refractivity contribution in [2.45, 2.75) is 29.4 Å². The Morgan fingerprint density at radius 1 is 1.15 bits per heavy atom. The molecule has 0 unspecified atom stereocenters. The highest BCUT2D eigenvalue weighted by Crippen LogP contribution is 2.31. The molecular weight excluding hydrogens is 591 g/mol. The molecule has 0 radical (unpaired) electrons. The van der Waals surface area contributed by atoms with Crippen molar-refractivity contribution in [1.29, 1.82) is 0 Å². The van der Waals surface area contributed by atoms with Crippen LogP contribution in [0, 0.1) is 12.7 Å². The lowest BCUT2D eigenvalue weighted by molar-refractivity contribution is -0.116. The Morgan fingerprint density at radius 3 is 2.56 bits per heavy atom. The van der Waals surface area contributed by atoms with Crippen LogP contribution >= 0.6 is 22.9 Å². The summed E-state index contributed by atoms with van der Waals surface area (Å²) in [5.41, 5.74) is -0.231. The van der Waals surface area contributed by atoms with Gasteiger partial charge >= 0.3 is 0 Å². The average Bonchev–Trinajstić information content (AvgIpc) is 3.26. The van der Waals surface area contributed by atoms with E-state index in [1.807, 2.05) is 0 Å². The van der Waals surface area contributed by atoms with E-state index >= 15 is 4.39 Å². The molecule has 202 valence electrons. The van der Waals surface area contributed by atoms with Crippen molar-refractivity contribution in [2.24, 2.45) is 4.40 Å². The molecule has 0 bridgehead atoms. The molecule has 2 aromatic carbocycles. The number of ketones is 1. The molecule has 0 fully saturated rings. The fraction of sp³-hybridized carbons (Fsp3) is 0.167. The lowest BCUT2D eigenvalue weighted by Crippen LogP contribution is -2.25. The average molecular weight is 609 g/mol. The van der Waals surface area contributed by atoms with Gasteiger partial charge in [-0.05, 0) is 55.8 Å². The van der Waals surface area contributed by atoms with Crippen LogP contribution in [-0.4, -0.2) is 43.8 Å². The van der Waals surface area contributed by atoms with E-state index in [4.69, 9.17) is 11.6 Å². The number of nitrogens with one attached hydrogen (secondary N) is 1. The van der Waals surface area contributed by atoms with Crippen LogP contribution in [0.3, 0.4) is 0 Å². The molecule has 39 heavy (non-hydrogen) atoms. The monoisotopic (exact) mass is 608 g/mol. The highest BCUT2D eigenvalue weighted by Gasteiger charge is 2.26. The number of carbonyl (C=O) groups excluding carboxylic acids is 1. The summed E-state index contributed by atoms with van der Waals surface area (Å²) in [6.07, 6.45) is -0.351. The van der Waals surface area contributed by atoms with Gasteiger partial charge in [0.2, 0.25) is 0 Å². The van der Waals surface area contributed by atoms with Gasteiger partial charge in [0.15, 0.2) is 15.6 Å². The number of nitrogens with zero attached hydrogens (tertiary/aromatic N) is 3. The molecule has 0 atom stereocenters. The van der Waals surface area contributed by atoms with E-state index in [0.717, 1.165) is 28.0 Å². The summed E-state index contributed by atoms with van der Waals surface area (Å²) in [4.78, 5) is 30.0. The van der Waals surface area contributed by atoms with Crippen molar-refractivity contribution < 1.29 is 26.0 Å². The normalized spacial score (nSPS) is 14.5. The molecule has 5 rings (SSSR count). The minimum absolute atomic E-state index is 0.0344. The summed E-state index contributed by atoms with van der Waals surface area (Å²) in [6, 6.07) is 9.03. The second kappa shape index (κ2) is 9.62. The minimum Gasteiger partial charge on any atom is -0.342 e. The largest absolute Gasteiger partial charge is 0.342 e. The van der Waals surface area contributed by atoms with Crippen LogP contribution in [0.2, 0.25) is 4.34 Å². The molecule has 3 heterocycles. The number of sulfone groups is 1. The van der Waals surface area contributed by atoms with Gasteiger partial charge in [-0.2, -0.15) is 8.42 Å². The lowest BCUT2D eigenvalue weighted by atomic mass is 10.1. The maximum Gasteiger partial charge on any atom is 0.286 e. The fourth-order valence-electron chi connectivity index (χ4n) is 4.23. The van der Waals surface area contributed by atoms with Crippen molar-refractivity contribution in [2.75, 3.05) is 11.1 Å². The molecular formula is C24H18ClFN4O6S3. The first-order valence-electron chi connectivity index (χ1n) is 11.2. The Labute approximate surface area is 230 Å². The van der Waals surface area contributed by atoms with Crippen molar-refractivity contribution >= 4 is 71.0 Å². The minimum atomic E-state index is -4.05. The van der Waals surface area contributed by atoms with Crippen LogP contribution in [-0.2, 0) is 31.1 Å². The third kappa shape index (κ3) is 5.12. The summed E-state index contributed by atoms with van der Waals surface area (Å²) in [6.45, 7) is 2.98. The Hall–Kier alpha value is -3.46. The quantitative estimate of drug-likeness (QED) is 0.349. The van der Waals surface area contributed by atoms with Gasteiger partial charge in [0.05, 0.1) is 26.6 Å². The topological polar surface area (TPSA) is 145 Å². The van der Waals surface area contributed by atoms with Crippen LogP contribution < -0.4 is 10.9 Å². The van der Waals surface area contributed by atoms with Gasteiger partial charge in [-0.1, -0.05) is 17.7 Å². The van der Waals surface area contributed by atoms with Crippen molar-refractivity contribution in [1.82, 2.24) is 9.55 Å². The molecule has 2 aromatic heterocycles. The summed E-state index contributed by atoms with van der Waals surface area (Å²) in [5, 5.41) is 2.78. The number of Topliss-reactive ketones (excluding diaryl/α,β-unsaturated/α-hetero) is 1. The Balaban J connectivity index is 1.48. The first-order chi connectivity index (χ1) is 18.2. The van der Waals surface area contributed by atoms with E-state index < -0.39 is 42.8 Å². The molecule has 1 N–H and O–H groups in total. The number of rotatable bonds is 6. The first-order valence-corrected chi connectivity index (χ1v) is 15.5. The van der Waals surface area contributed by atoms with Gasteiger partial charge in [-0.25, -0.2) is 17.8 Å². The highest BCUT2D eigenvalue weighted by atomic mass is 35.5. The van der Waals surface area contributed by atoms with Crippen LogP contribution in [0.25, 0.3) is 16.6 Å². The molecule has 10 nitrogen and oxygen atoms in total. The second-order valence-electron chi connectivity index (χ2n) is 8.76. The Bertz CT molecular complexity index is 2020. The fourth-order valence-corrected chi connectivity index (χ4v) is 8.20. The number of thiophene rings is 1. The van der Waals surface area contributed by atoms with Gasteiger partial charge < -0.3 is 5.32 Å². The summed E-state index contributed by atoms with van der Waals surface area (Å²) >= 11 is 6.62. The number of fused-ring (bicyclic) bond motifs is 2. The van der Waals surface area contributed by atoms with Gasteiger partial charge in [0.25, 0.3) is 15.6 Å². The third-order valence-corrected chi connectivity index (χ3v) is 10.7. The number of carbonyl (C=O) groups is 1. The predicted molar refractivity (Wildman–Crippen MR) is 146 cm³/mol. The molecule has 1 aliphatic heterocycles. The zero-order valence-electron chi connectivity index (χ0n) is 20.2. The second-order valence-corrected chi connectivity index (χ2v) is 14.3. The number of amidine groups is 1. The molecule has 0 aliphatic carbocycles. The van der Waals surface area contributed by atoms with E-state index in [0.29, 0.717) is 0 Å². The third-order valence-electron chi connectivity index (χ3n) is 5.85. The van der Waals surface area contributed by atoms with Gasteiger partial charge in [0, 0.05) is 6.42 Å². The zero-order chi connectivity index (χ0) is 28.3. The van der Waals surface area contributed by atoms with Gasteiger partial charge in [-0.3, -0.25) is 14.2 Å². The number of hydrogen-bond acceptors (Lipinski definition) is 9. The predicted octanol–water partition coefficient (Wildman–Crippen LogP) is 3.67. The van der Waals surface area contributed by atoms with Crippen molar-refractivity contribution in [3.63, 3.8) is 0 Å². The van der Waals surface area contributed by atoms with E-state index in [1.165, 1.54) is 44.2 Å². The Kier molecular flexibility index (Phi) is 6.69.